The average Bonchev–Trinajstić information content (AvgIpc) is 3.33. The summed E-state index contributed by atoms with van der Waals surface area (Å²) in [5.74, 6) is 0.436. The van der Waals surface area contributed by atoms with Gasteiger partial charge in [-0.2, -0.15) is 0 Å². The highest BCUT2D eigenvalue weighted by Crippen LogP contribution is 2.27. The summed E-state index contributed by atoms with van der Waals surface area (Å²) in [6.07, 6.45) is 14.0. The Hall–Kier alpha value is -3.44. The highest BCUT2D eigenvalue weighted by atomic mass is 16.5. The Morgan fingerprint density at radius 1 is 1.05 bits per heavy atom. The highest BCUT2D eigenvalue weighted by Gasteiger charge is 2.26. The number of aromatic nitrogens is 1. The van der Waals surface area contributed by atoms with E-state index in [-0.39, 0.29) is 17.9 Å². The summed E-state index contributed by atoms with van der Waals surface area (Å²) in [7, 11) is 0. The van der Waals surface area contributed by atoms with Gasteiger partial charge in [-0.3, -0.25) is 4.79 Å². The summed E-state index contributed by atoms with van der Waals surface area (Å²) in [4.78, 5) is 16.8. The topological polar surface area (TPSA) is 72.6 Å². The number of nitrogens with zero attached hydrogens (tertiary/aromatic N) is 1. The standard InChI is InChI=1S/C32H37NO4/c1-24-30(33-31(37-24)27-16-6-3-7-17-27)22-23-36-28-19-9-8-15-26(18-11-20-28)29(32(34)35)21-10-14-25-12-4-2-5-13-25/h2-7,9,11-13,16-19,26,28-29H,8,10,14-15,20-23H2,1H3,(H,34,35)/b18-11+,19-9+. The van der Waals surface area contributed by atoms with Gasteiger partial charge >= 0.3 is 5.97 Å². The molecule has 0 saturated carbocycles. The van der Waals surface area contributed by atoms with E-state index in [2.05, 4.69) is 41.4 Å². The molecule has 0 aliphatic heterocycles. The van der Waals surface area contributed by atoms with Crippen LogP contribution in [-0.2, 0) is 22.4 Å². The largest absolute Gasteiger partial charge is 0.481 e. The minimum atomic E-state index is -0.698. The molecule has 5 nitrogen and oxygen atoms in total. The smallest absolute Gasteiger partial charge is 0.307 e. The molecule has 2 aromatic carbocycles. The van der Waals surface area contributed by atoms with Gasteiger partial charge in [0.05, 0.1) is 24.3 Å². The molecule has 37 heavy (non-hydrogen) atoms. The van der Waals surface area contributed by atoms with E-state index in [1.54, 1.807) is 0 Å². The molecule has 0 saturated heterocycles. The predicted octanol–water partition coefficient (Wildman–Crippen LogP) is 7.21. The van der Waals surface area contributed by atoms with Crippen LogP contribution in [0.2, 0.25) is 0 Å². The molecule has 1 aromatic heterocycles. The van der Waals surface area contributed by atoms with Gasteiger partial charge in [0.1, 0.15) is 5.76 Å². The fourth-order valence-corrected chi connectivity index (χ4v) is 4.92. The van der Waals surface area contributed by atoms with Crippen LogP contribution >= 0.6 is 0 Å². The highest BCUT2D eigenvalue weighted by molar-refractivity contribution is 5.70. The molecule has 3 atom stereocenters. The number of carboxylic acid groups (broad SMARTS) is 1. The fraction of sp³-hybridized carbons (Fsp3) is 0.375. The fourth-order valence-electron chi connectivity index (χ4n) is 4.92. The second-order valence-electron chi connectivity index (χ2n) is 9.70. The summed E-state index contributed by atoms with van der Waals surface area (Å²) < 4.78 is 12.0. The number of rotatable bonds is 11. The quantitative estimate of drug-likeness (QED) is 0.282. The number of hydrogen-bond donors (Lipinski definition) is 1. The molecule has 3 aromatic rings. The van der Waals surface area contributed by atoms with E-state index in [9.17, 15) is 9.90 Å². The van der Waals surface area contributed by atoms with Crippen LogP contribution in [0.15, 0.2) is 89.4 Å². The molecule has 0 amide bonds. The zero-order valence-electron chi connectivity index (χ0n) is 21.6. The molecule has 0 radical (unpaired) electrons. The minimum Gasteiger partial charge on any atom is -0.481 e. The molecular weight excluding hydrogens is 462 g/mol. The maximum atomic E-state index is 12.1. The summed E-state index contributed by atoms with van der Waals surface area (Å²) in [6, 6.07) is 20.2. The minimum absolute atomic E-state index is 0.0304. The third-order valence-corrected chi connectivity index (χ3v) is 7.01. The zero-order chi connectivity index (χ0) is 25.9. The number of carbonyl (C=O) groups is 1. The summed E-state index contributed by atoms with van der Waals surface area (Å²) in [5.41, 5.74) is 3.15. The van der Waals surface area contributed by atoms with Crippen molar-refractivity contribution in [1.82, 2.24) is 4.98 Å². The number of allylic oxidation sites excluding steroid dienone is 2. The van der Waals surface area contributed by atoms with Gasteiger partial charge in [-0.25, -0.2) is 4.98 Å². The summed E-state index contributed by atoms with van der Waals surface area (Å²) in [5, 5.41) is 9.94. The third kappa shape index (κ3) is 8.02. The first-order valence-corrected chi connectivity index (χ1v) is 13.3. The monoisotopic (exact) mass is 499 g/mol. The Balaban J connectivity index is 1.27. The van der Waals surface area contributed by atoms with Crippen molar-refractivity contribution in [1.29, 1.82) is 0 Å². The molecule has 5 heteroatoms. The SMILES string of the molecule is Cc1oc(-c2ccccc2)nc1CCOC1/C=C/CCC(C(CCCc2ccccc2)C(=O)O)/C=C/C1. The lowest BCUT2D eigenvalue weighted by Gasteiger charge is -2.20. The van der Waals surface area contributed by atoms with Crippen LogP contribution in [0.25, 0.3) is 11.5 Å². The number of aryl methyl sites for hydroxylation is 2. The van der Waals surface area contributed by atoms with Crippen molar-refractivity contribution in [3.05, 3.63) is 102 Å². The molecule has 0 bridgehead atoms. The second-order valence-corrected chi connectivity index (χ2v) is 9.70. The Morgan fingerprint density at radius 3 is 2.57 bits per heavy atom. The van der Waals surface area contributed by atoms with E-state index in [1.165, 1.54) is 5.56 Å². The number of aliphatic carboxylic acids is 1. The van der Waals surface area contributed by atoms with Gasteiger partial charge in [0.2, 0.25) is 5.89 Å². The molecule has 0 fully saturated rings. The van der Waals surface area contributed by atoms with E-state index in [0.717, 1.165) is 49.1 Å². The number of benzene rings is 2. The van der Waals surface area contributed by atoms with Crippen LogP contribution in [0, 0.1) is 18.8 Å². The first kappa shape index (κ1) is 26.6. The Morgan fingerprint density at radius 2 is 1.81 bits per heavy atom. The van der Waals surface area contributed by atoms with Crippen molar-refractivity contribution in [2.75, 3.05) is 6.61 Å². The van der Waals surface area contributed by atoms with Crippen molar-refractivity contribution in [3.8, 4) is 11.5 Å². The normalized spacial score (nSPS) is 20.4. The van der Waals surface area contributed by atoms with E-state index < -0.39 is 5.97 Å². The maximum absolute atomic E-state index is 12.1. The van der Waals surface area contributed by atoms with Crippen LogP contribution in [0.4, 0.5) is 0 Å². The molecule has 1 aliphatic rings. The van der Waals surface area contributed by atoms with Crippen LogP contribution in [0.5, 0.6) is 0 Å². The lowest BCUT2D eigenvalue weighted by Crippen LogP contribution is -2.22. The van der Waals surface area contributed by atoms with Gasteiger partial charge < -0.3 is 14.3 Å². The summed E-state index contributed by atoms with van der Waals surface area (Å²) >= 11 is 0. The molecule has 1 aliphatic carbocycles. The molecule has 3 unspecified atom stereocenters. The van der Waals surface area contributed by atoms with Crippen molar-refractivity contribution in [2.45, 2.75) is 58.0 Å². The van der Waals surface area contributed by atoms with Crippen molar-refractivity contribution < 1.29 is 19.1 Å². The average molecular weight is 500 g/mol. The van der Waals surface area contributed by atoms with E-state index >= 15 is 0 Å². The molecule has 0 spiro atoms. The molecule has 194 valence electrons. The molecule has 1 heterocycles. The van der Waals surface area contributed by atoms with Gasteiger partial charge in [0.15, 0.2) is 0 Å². The Bertz CT molecular complexity index is 1170. The van der Waals surface area contributed by atoms with Gasteiger partial charge in [-0.1, -0.05) is 72.8 Å². The number of ether oxygens (including phenoxy) is 1. The van der Waals surface area contributed by atoms with Gasteiger partial charge in [-0.05, 0) is 69.1 Å². The van der Waals surface area contributed by atoms with E-state index in [0.29, 0.717) is 25.3 Å². The number of hydrogen-bond acceptors (Lipinski definition) is 4. The van der Waals surface area contributed by atoms with Crippen molar-refractivity contribution in [2.24, 2.45) is 11.8 Å². The lowest BCUT2D eigenvalue weighted by atomic mass is 9.84. The predicted molar refractivity (Wildman–Crippen MR) is 146 cm³/mol. The zero-order valence-corrected chi connectivity index (χ0v) is 21.6. The Labute approximate surface area is 219 Å². The second kappa shape index (κ2) is 13.8. The molecular formula is C32H37NO4. The third-order valence-electron chi connectivity index (χ3n) is 7.01. The van der Waals surface area contributed by atoms with Gasteiger partial charge in [0, 0.05) is 12.0 Å². The van der Waals surface area contributed by atoms with Crippen molar-refractivity contribution in [3.63, 3.8) is 0 Å². The van der Waals surface area contributed by atoms with Crippen LogP contribution in [0.1, 0.15) is 49.1 Å². The molecule has 1 N–H and O–H groups in total. The number of carboxylic acids is 1. The van der Waals surface area contributed by atoms with Crippen molar-refractivity contribution >= 4 is 5.97 Å². The van der Waals surface area contributed by atoms with Gasteiger partial charge in [-0.15, -0.1) is 0 Å². The van der Waals surface area contributed by atoms with E-state index in [1.807, 2.05) is 55.5 Å². The molecule has 4 rings (SSSR count). The first-order valence-electron chi connectivity index (χ1n) is 13.3. The van der Waals surface area contributed by atoms with Crippen LogP contribution in [0.3, 0.4) is 0 Å². The first-order chi connectivity index (χ1) is 18.1. The Kier molecular flexibility index (Phi) is 9.89. The van der Waals surface area contributed by atoms with Crippen LogP contribution in [-0.4, -0.2) is 28.8 Å². The number of oxazole rings is 1. The van der Waals surface area contributed by atoms with Crippen LogP contribution < -0.4 is 0 Å². The maximum Gasteiger partial charge on any atom is 0.307 e. The van der Waals surface area contributed by atoms with E-state index in [4.69, 9.17) is 9.15 Å². The summed E-state index contributed by atoms with van der Waals surface area (Å²) in [6.45, 7) is 2.49. The lowest BCUT2D eigenvalue weighted by molar-refractivity contribution is -0.143. The van der Waals surface area contributed by atoms with Gasteiger partial charge in [0.25, 0.3) is 0 Å².